The number of amides is 1. The zero-order valence-corrected chi connectivity index (χ0v) is 14.6. The first kappa shape index (κ1) is 18.9. The van der Waals surface area contributed by atoms with Gasteiger partial charge in [-0.05, 0) is 37.6 Å². The zero-order chi connectivity index (χ0) is 19.3. The highest BCUT2D eigenvalue weighted by atomic mass is 16.6. The van der Waals surface area contributed by atoms with Crippen LogP contribution in [0, 0.1) is 24.0 Å². The first-order valence-corrected chi connectivity index (χ1v) is 7.68. The van der Waals surface area contributed by atoms with Gasteiger partial charge in [-0.1, -0.05) is 17.7 Å². The van der Waals surface area contributed by atoms with Crippen molar-refractivity contribution in [1.29, 1.82) is 0 Å². The molecule has 2 rings (SSSR count). The zero-order valence-electron chi connectivity index (χ0n) is 14.6. The molecule has 0 atom stereocenters. The van der Waals surface area contributed by atoms with Crippen LogP contribution in [0.4, 0.5) is 11.4 Å². The summed E-state index contributed by atoms with van der Waals surface area (Å²) in [6.07, 6.45) is 0. The average Bonchev–Trinajstić information content (AvgIpc) is 2.61. The van der Waals surface area contributed by atoms with Crippen LogP contribution in [0.3, 0.4) is 0 Å². The van der Waals surface area contributed by atoms with Crippen molar-refractivity contribution in [1.82, 2.24) is 0 Å². The molecule has 1 N–H and O–H groups in total. The van der Waals surface area contributed by atoms with E-state index in [2.05, 4.69) is 10.1 Å². The van der Waals surface area contributed by atoms with E-state index in [0.717, 1.165) is 17.2 Å². The fourth-order valence-electron chi connectivity index (χ4n) is 2.31. The van der Waals surface area contributed by atoms with Gasteiger partial charge < -0.3 is 14.8 Å². The number of nitrogens with zero attached hydrogens (tertiary/aromatic N) is 1. The number of hydrogen-bond donors (Lipinski definition) is 1. The molecule has 8 heteroatoms. The van der Waals surface area contributed by atoms with Gasteiger partial charge in [-0.2, -0.15) is 0 Å². The minimum absolute atomic E-state index is 0.0197. The molecule has 0 saturated heterocycles. The monoisotopic (exact) mass is 358 g/mol. The minimum atomic E-state index is -0.702. The molecule has 0 aliphatic carbocycles. The summed E-state index contributed by atoms with van der Waals surface area (Å²) in [5.74, 6) is -1.27. The average molecular weight is 358 g/mol. The van der Waals surface area contributed by atoms with Crippen molar-refractivity contribution in [2.24, 2.45) is 0 Å². The Kier molecular flexibility index (Phi) is 5.90. The van der Waals surface area contributed by atoms with Crippen LogP contribution >= 0.6 is 0 Å². The molecule has 0 aliphatic heterocycles. The molecule has 136 valence electrons. The highest BCUT2D eigenvalue weighted by Crippen LogP contribution is 2.28. The van der Waals surface area contributed by atoms with Gasteiger partial charge in [0.05, 0.1) is 17.6 Å². The number of rotatable bonds is 6. The van der Waals surface area contributed by atoms with Crippen molar-refractivity contribution in [3.8, 4) is 5.75 Å². The van der Waals surface area contributed by atoms with E-state index >= 15 is 0 Å². The van der Waals surface area contributed by atoms with E-state index in [1.54, 1.807) is 6.07 Å². The normalized spacial score (nSPS) is 10.1. The molecule has 0 bridgehead atoms. The van der Waals surface area contributed by atoms with Crippen LogP contribution in [0.15, 0.2) is 36.4 Å². The van der Waals surface area contributed by atoms with Crippen molar-refractivity contribution in [3.63, 3.8) is 0 Å². The fraction of sp³-hybridized carbons (Fsp3) is 0.222. The summed E-state index contributed by atoms with van der Waals surface area (Å²) in [7, 11) is 1.18. The maximum Gasteiger partial charge on any atom is 0.338 e. The number of nitro benzene ring substituents is 1. The Morgan fingerprint density at radius 1 is 1.15 bits per heavy atom. The third kappa shape index (κ3) is 4.56. The number of aryl methyl sites for hydroxylation is 2. The molecular weight excluding hydrogens is 340 g/mol. The van der Waals surface area contributed by atoms with Crippen molar-refractivity contribution < 1.29 is 24.0 Å². The van der Waals surface area contributed by atoms with Crippen molar-refractivity contribution in [2.75, 3.05) is 19.0 Å². The summed E-state index contributed by atoms with van der Waals surface area (Å²) in [6.45, 7) is 3.39. The van der Waals surface area contributed by atoms with Gasteiger partial charge in [0.1, 0.15) is 0 Å². The lowest BCUT2D eigenvalue weighted by molar-refractivity contribution is -0.385. The quantitative estimate of drug-likeness (QED) is 0.483. The van der Waals surface area contributed by atoms with Crippen molar-refractivity contribution in [3.05, 3.63) is 63.2 Å². The smallest absolute Gasteiger partial charge is 0.338 e. The number of carbonyl (C=O) groups is 2. The maximum absolute atomic E-state index is 12.0. The van der Waals surface area contributed by atoms with Gasteiger partial charge in [-0.15, -0.1) is 0 Å². The van der Waals surface area contributed by atoms with Crippen LogP contribution in [0.5, 0.6) is 5.75 Å². The summed E-state index contributed by atoms with van der Waals surface area (Å²) < 4.78 is 9.79. The minimum Gasteiger partial charge on any atom is -0.477 e. The van der Waals surface area contributed by atoms with E-state index in [1.165, 1.54) is 19.2 Å². The van der Waals surface area contributed by atoms with Gasteiger partial charge in [-0.25, -0.2) is 4.79 Å². The molecule has 0 aliphatic rings. The second-order valence-corrected chi connectivity index (χ2v) is 5.59. The lowest BCUT2D eigenvalue weighted by Gasteiger charge is -2.10. The Morgan fingerprint density at radius 3 is 2.50 bits per heavy atom. The maximum atomic E-state index is 12.0. The molecule has 8 nitrogen and oxygen atoms in total. The first-order chi connectivity index (χ1) is 12.3. The number of benzene rings is 2. The summed E-state index contributed by atoms with van der Waals surface area (Å²) in [4.78, 5) is 34.0. The van der Waals surface area contributed by atoms with E-state index in [1.807, 2.05) is 26.0 Å². The number of nitro groups is 1. The van der Waals surface area contributed by atoms with Crippen LogP contribution in [-0.4, -0.2) is 30.5 Å². The van der Waals surface area contributed by atoms with E-state index in [-0.39, 0.29) is 11.3 Å². The number of anilines is 1. The van der Waals surface area contributed by atoms with E-state index in [0.29, 0.717) is 5.69 Å². The molecule has 0 heterocycles. The number of methoxy groups -OCH3 is 1. The SMILES string of the molecule is COC(=O)c1ccc(OCC(=O)Nc2ccc(C)cc2C)c([N+](=O)[O-])c1. The molecular formula is C18H18N2O6. The highest BCUT2D eigenvalue weighted by molar-refractivity contribution is 5.93. The van der Waals surface area contributed by atoms with Gasteiger partial charge in [0.2, 0.25) is 0 Å². The standard InChI is InChI=1S/C18H18N2O6/c1-11-4-6-14(12(2)8-11)19-17(21)10-26-16-7-5-13(18(22)25-3)9-15(16)20(23)24/h4-9H,10H2,1-3H3,(H,19,21). The van der Waals surface area contributed by atoms with Crippen LogP contribution in [0.25, 0.3) is 0 Å². The van der Waals surface area contributed by atoms with E-state index < -0.39 is 29.1 Å². The Bertz CT molecular complexity index is 863. The van der Waals surface area contributed by atoms with E-state index in [4.69, 9.17) is 4.74 Å². The number of esters is 1. The van der Waals surface area contributed by atoms with Crippen LogP contribution < -0.4 is 10.1 Å². The number of nitrogens with one attached hydrogen (secondary N) is 1. The van der Waals surface area contributed by atoms with E-state index in [9.17, 15) is 19.7 Å². The third-order valence-corrected chi connectivity index (χ3v) is 3.59. The summed E-state index contributed by atoms with van der Waals surface area (Å²) in [6, 6.07) is 9.19. The van der Waals surface area contributed by atoms with Crippen molar-refractivity contribution in [2.45, 2.75) is 13.8 Å². The summed E-state index contributed by atoms with van der Waals surface area (Å²) in [5.41, 5.74) is 2.20. The number of hydrogen-bond acceptors (Lipinski definition) is 6. The lowest BCUT2D eigenvalue weighted by Crippen LogP contribution is -2.21. The summed E-state index contributed by atoms with van der Waals surface area (Å²) in [5, 5.41) is 13.9. The number of carbonyl (C=O) groups excluding carboxylic acids is 2. The molecule has 26 heavy (non-hydrogen) atoms. The molecule has 0 spiro atoms. The van der Waals surface area contributed by atoms with Gasteiger partial charge in [0, 0.05) is 11.8 Å². The van der Waals surface area contributed by atoms with Gasteiger partial charge in [0.25, 0.3) is 5.91 Å². The lowest BCUT2D eigenvalue weighted by atomic mass is 10.1. The highest BCUT2D eigenvalue weighted by Gasteiger charge is 2.20. The second kappa shape index (κ2) is 8.11. The largest absolute Gasteiger partial charge is 0.477 e. The van der Waals surface area contributed by atoms with Crippen LogP contribution in [0.1, 0.15) is 21.5 Å². The molecule has 0 saturated carbocycles. The second-order valence-electron chi connectivity index (χ2n) is 5.59. The summed E-state index contributed by atoms with van der Waals surface area (Å²) >= 11 is 0. The predicted octanol–water partition coefficient (Wildman–Crippen LogP) is 3.02. The molecule has 2 aromatic carbocycles. The Balaban J connectivity index is 2.09. The topological polar surface area (TPSA) is 108 Å². The first-order valence-electron chi connectivity index (χ1n) is 7.68. The molecule has 1 amide bonds. The third-order valence-electron chi connectivity index (χ3n) is 3.59. The molecule has 0 unspecified atom stereocenters. The Morgan fingerprint density at radius 2 is 1.88 bits per heavy atom. The predicted molar refractivity (Wildman–Crippen MR) is 94.5 cm³/mol. The van der Waals surface area contributed by atoms with Crippen molar-refractivity contribution >= 4 is 23.3 Å². The Labute approximate surface area is 149 Å². The number of ether oxygens (including phenoxy) is 2. The van der Waals surface area contributed by atoms with Crippen LogP contribution in [-0.2, 0) is 9.53 Å². The van der Waals surface area contributed by atoms with Gasteiger partial charge in [-0.3, -0.25) is 14.9 Å². The molecule has 0 fully saturated rings. The molecule has 2 aromatic rings. The molecule has 0 aromatic heterocycles. The Hall–Kier alpha value is -3.42. The fourth-order valence-corrected chi connectivity index (χ4v) is 2.31. The van der Waals surface area contributed by atoms with Gasteiger partial charge in [0.15, 0.2) is 12.4 Å². The molecule has 0 radical (unpaired) electrons. The van der Waals surface area contributed by atoms with Gasteiger partial charge >= 0.3 is 11.7 Å². The van der Waals surface area contributed by atoms with Crippen LogP contribution in [0.2, 0.25) is 0 Å².